The number of rotatable bonds is 5. The molecule has 1 amide bonds. The van der Waals surface area contributed by atoms with E-state index in [1.165, 1.54) is 33.8 Å². The molecule has 0 spiro atoms. The van der Waals surface area contributed by atoms with Gasteiger partial charge in [0.15, 0.2) is 5.82 Å². The maximum absolute atomic E-state index is 13.0. The molecular weight excluding hydrogens is 325 g/mol. The first-order valence-corrected chi connectivity index (χ1v) is 7.64. The number of carbonyl (C=O) groups is 1. The van der Waals surface area contributed by atoms with Gasteiger partial charge in [0, 0.05) is 37.1 Å². The van der Waals surface area contributed by atoms with Crippen LogP contribution in [0.4, 0.5) is 4.39 Å². The Hall–Kier alpha value is -3.29. The summed E-state index contributed by atoms with van der Waals surface area (Å²) in [5.74, 6) is -0.164. The Balaban J connectivity index is 1.69. The lowest BCUT2D eigenvalue weighted by molar-refractivity contribution is 0.0951. The van der Waals surface area contributed by atoms with Crippen LogP contribution in [0.15, 0.2) is 53.6 Å². The molecule has 8 heteroatoms. The predicted octanol–water partition coefficient (Wildman–Crippen LogP) is 1.21. The second kappa shape index (κ2) is 7.08. The van der Waals surface area contributed by atoms with Crippen molar-refractivity contribution in [2.45, 2.75) is 6.54 Å². The van der Waals surface area contributed by atoms with Gasteiger partial charge in [-0.1, -0.05) is 0 Å². The number of aromatic nitrogens is 4. The van der Waals surface area contributed by atoms with Crippen LogP contribution in [0.2, 0.25) is 0 Å². The molecule has 0 aliphatic carbocycles. The van der Waals surface area contributed by atoms with Crippen LogP contribution >= 0.6 is 0 Å². The molecule has 128 valence electrons. The van der Waals surface area contributed by atoms with Gasteiger partial charge in [-0.25, -0.2) is 13.9 Å². The summed E-state index contributed by atoms with van der Waals surface area (Å²) in [7, 11) is 1.60. The minimum atomic E-state index is -0.355. The molecule has 0 saturated carbocycles. The molecule has 0 radical (unpaired) electrons. The van der Waals surface area contributed by atoms with Gasteiger partial charge in [0.05, 0.1) is 6.54 Å². The molecule has 0 atom stereocenters. The van der Waals surface area contributed by atoms with Crippen molar-refractivity contribution in [3.8, 4) is 11.4 Å². The van der Waals surface area contributed by atoms with Crippen LogP contribution in [0.25, 0.3) is 11.4 Å². The first-order chi connectivity index (χ1) is 12.1. The van der Waals surface area contributed by atoms with Gasteiger partial charge in [-0.3, -0.25) is 14.3 Å². The van der Waals surface area contributed by atoms with Crippen LogP contribution in [0.3, 0.4) is 0 Å². The van der Waals surface area contributed by atoms with E-state index in [1.807, 2.05) is 0 Å². The summed E-state index contributed by atoms with van der Waals surface area (Å²) in [4.78, 5) is 28.1. The summed E-state index contributed by atoms with van der Waals surface area (Å²) in [6, 6.07) is 8.96. The molecule has 7 nitrogen and oxygen atoms in total. The van der Waals surface area contributed by atoms with E-state index >= 15 is 0 Å². The van der Waals surface area contributed by atoms with E-state index < -0.39 is 0 Å². The van der Waals surface area contributed by atoms with E-state index in [9.17, 15) is 14.0 Å². The first-order valence-electron chi connectivity index (χ1n) is 7.64. The number of nitrogens with zero attached hydrogens (tertiary/aromatic N) is 4. The molecule has 3 aromatic rings. The van der Waals surface area contributed by atoms with Gasteiger partial charge in [-0.15, -0.1) is 5.10 Å². The normalized spacial score (nSPS) is 10.6. The van der Waals surface area contributed by atoms with Crippen molar-refractivity contribution in [3.05, 3.63) is 70.7 Å². The first kappa shape index (κ1) is 16.6. The van der Waals surface area contributed by atoms with Crippen LogP contribution in [-0.2, 0) is 13.6 Å². The number of amides is 1. The highest BCUT2D eigenvalue weighted by molar-refractivity contribution is 5.93. The Morgan fingerprint density at radius 1 is 1.16 bits per heavy atom. The molecule has 0 fully saturated rings. The van der Waals surface area contributed by atoms with Crippen molar-refractivity contribution in [2.24, 2.45) is 7.05 Å². The van der Waals surface area contributed by atoms with Gasteiger partial charge in [-0.05, 0) is 36.4 Å². The lowest BCUT2D eigenvalue weighted by Crippen LogP contribution is -2.31. The van der Waals surface area contributed by atoms with Crippen LogP contribution < -0.4 is 11.0 Å². The number of hydrogen-bond acceptors (Lipinski definition) is 4. The van der Waals surface area contributed by atoms with Gasteiger partial charge in [-0.2, -0.15) is 0 Å². The minimum Gasteiger partial charge on any atom is -0.350 e. The third kappa shape index (κ3) is 3.63. The van der Waals surface area contributed by atoms with E-state index in [0.717, 1.165) is 0 Å². The average Bonchev–Trinajstić information content (AvgIpc) is 2.91. The van der Waals surface area contributed by atoms with Crippen LogP contribution in [0, 0.1) is 5.82 Å². The zero-order valence-electron chi connectivity index (χ0n) is 13.5. The van der Waals surface area contributed by atoms with E-state index in [1.54, 1.807) is 31.3 Å². The number of halogens is 1. The number of benzene rings is 1. The fraction of sp³-hybridized carbons (Fsp3) is 0.176. The van der Waals surface area contributed by atoms with Crippen molar-refractivity contribution >= 4 is 5.91 Å². The maximum atomic E-state index is 13.0. The van der Waals surface area contributed by atoms with E-state index in [4.69, 9.17) is 0 Å². The van der Waals surface area contributed by atoms with Crippen molar-refractivity contribution in [2.75, 3.05) is 6.54 Å². The summed E-state index contributed by atoms with van der Waals surface area (Å²) in [5.41, 5.74) is 0.827. The molecule has 1 aromatic carbocycles. The lowest BCUT2D eigenvalue weighted by atomic mass is 10.2. The molecule has 2 aromatic heterocycles. The topological polar surface area (TPSA) is 81.8 Å². The number of carbonyl (C=O) groups excluding carboxylic acids is 1. The second-order valence-electron chi connectivity index (χ2n) is 5.39. The highest BCUT2D eigenvalue weighted by Gasteiger charge is 2.12. The van der Waals surface area contributed by atoms with Gasteiger partial charge >= 0.3 is 5.69 Å². The Morgan fingerprint density at radius 3 is 2.52 bits per heavy atom. The predicted molar refractivity (Wildman–Crippen MR) is 89.4 cm³/mol. The quantitative estimate of drug-likeness (QED) is 0.756. The van der Waals surface area contributed by atoms with Crippen LogP contribution in [0.5, 0.6) is 0 Å². The number of pyridine rings is 1. The molecule has 1 N–H and O–H groups in total. The number of nitrogens with one attached hydrogen (secondary N) is 1. The van der Waals surface area contributed by atoms with Gasteiger partial charge in [0.25, 0.3) is 5.91 Å². The molecule has 0 aliphatic rings. The van der Waals surface area contributed by atoms with Crippen LogP contribution in [0.1, 0.15) is 10.4 Å². The highest BCUT2D eigenvalue weighted by Crippen LogP contribution is 2.15. The second-order valence-corrected chi connectivity index (χ2v) is 5.39. The smallest absolute Gasteiger partial charge is 0.345 e. The summed E-state index contributed by atoms with van der Waals surface area (Å²) in [6.07, 6.45) is 3.07. The fourth-order valence-corrected chi connectivity index (χ4v) is 2.36. The zero-order valence-corrected chi connectivity index (χ0v) is 13.5. The fourth-order valence-electron chi connectivity index (χ4n) is 2.36. The van der Waals surface area contributed by atoms with Crippen molar-refractivity contribution in [3.63, 3.8) is 0 Å². The maximum Gasteiger partial charge on any atom is 0.345 e. The SMILES string of the molecule is Cn1c(-c2ccc(F)cc2)nn(CCNC(=O)c2ccncc2)c1=O. The Kier molecular flexibility index (Phi) is 4.69. The number of hydrogen-bond donors (Lipinski definition) is 1. The third-order valence-electron chi connectivity index (χ3n) is 3.69. The van der Waals surface area contributed by atoms with Gasteiger partial charge in [0.1, 0.15) is 5.82 Å². The lowest BCUT2D eigenvalue weighted by Gasteiger charge is -2.04. The zero-order chi connectivity index (χ0) is 17.8. The molecule has 0 unspecified atom stereocenters. The Labute approximate surface area is 142 Å². The molecule has 0 bridgehead atoms. The summed E-state index contributed by atoms with van der Waals surface area (Å²) >= 11 is 0. The van der Waals surface area contributed by atoms with Gasteiger partial charge in [0.2, 0.25) is 0 Å². The monoisotopic (exact) mass is 341 g/mol. The van der Waals surface area contributed by atoms with E-state index in [0.29, 0.717) is 17.0 Å². The Bertz CT molecular complexity index is 932. The van der Waals surface area contributed by atoms with E-state index in [2.05, 4.69) is 15.4 Å². The van der Waals surface area contributed by atoms with Crippen molar-refractivity contribution in [1.82, 2.24) is 24.6 Å². The van der Waals surface area contributed by atoms with Crippen molar-refractivity contribution < 1.29 is 9.18 Å². The van der Waals surface area contributed by atoms with Crippen LogP contribution in [-0.4, -0.2) is 31.8 Å². The molecular formula is C17H16FN5O2. The third-order valence-corrected chi connectivity index (χ3v) is 3.69. The largest absolute Gasteiger partial charge is 0.350 e. The summed E-state index contributed by atoms with van der Waals surface area (Å²) < 4.78 is 15.7. The highest BCUT2D eigenvalue weighted by atomic mass is 19.1. The summed E-state index contributed by atoms with van der Waals surface area (Å²) in [6.45, 7) is 0.478. The molecule has 2 heterocycles. The molecule has 0 saturated heterocycles. The summed E-state index contributed by atoms with van der Waals surface area (Å²) in [5, 5.41) is 6.99. The molecule has 0 aliphatic heterocycles. The van der Waals surface area contributed by atoms with E-state index in [-0.39, 0.29) is 30.5 Å². The standard InChI is InChI=1S/C17H16FN5O2/c1-22-15(12-2-4-14(18)5-3-12)21-23(17(22)25)11-10-20-16(24)13-6-8-19-9-7-13/h2-9H,10-11H2,1H3,(H,20,24). The molecule has 3 rings (SSSR count). The Morgan fingerprint density at radius 2 is 1.84 bits per heavy atom. The van der Waals surface area contributed by atoms with Crippen molar-refractivity contribution in [1.29, 1.82) is 0 Å². The average molecular weight is 341 g/mol. The van der Waals surface area contributed by atoms with Gasteiger partial charge < -0.3 is 5.32 Å². The molecule has 25 heavy (non-hydrogen) atoms. The minimum absolute atomic E-state index is 0.227.